The van der Waals surface area contributed by atoms with Gasteiger partial charge in [-0.25, -0.2) is 4.98 Å². The van der Waals surface area contributed by atoms with Crippen LogP contribution in [0.15, 0.2) is 89.3 Å². The van der Waals surface area contributed by atoms with Crippen LogP contribution in [-0.2, 0) is 11.2 Å². The molecule has 5 nitrogen and oxygen atoms in total. The predicted octanol–water partition coefficient (Wildman–Crippen LogP) is 5.60. The third-order valence-corrected chi connectivity index (χ3v) is 5.04. The van der Waals surface area contributed by atoms with Gasteiger partial charge in [-0.1, -0.05) is 72.8 Å². The Hall–Kier alpha value is -3.70. The smallest absolute Gasteiger partial charge is 0.224 e. The number of nitrogens with one attached hydrogen (secondary N) is 1. The highest BCUT2D eigenvalue weighted by atomic mass is 16.4. The summed E-state index contributed by atoms with van der Waals surface area (Å²) in [5.74, 6) is 1.17. The molecule has 0 spiro atoms. The van der Waals surface area contributed by atoms with Gasteiger partial charge in [-0.15, -0.1) is 0 Å². The second-order valence-electron chi connectivity index (χ2n) is 7.48. The van der Waals surface area contributed by atoms with Gasteiger partial charge >= 0.3 is 0 Å². The van der Waals surface area contributed by atoms with Gasteiger partial charge in [0.05, 0.1) is 0 Å². The van der Waals surface area contributed by atoms with Crippen molar-refractivity contribution in [3.8, 4) is 22.6 Å². The molecule has 4 rings (SSSR count). The van der Waals surface area contributed by atoms with E-state index < -0.39 is 0 Å². The number of aromatic nitrogens is 1. The molecule has 1 aromatic heterocycles. The third-order valence-electron chi connectivity index (χ3n) is 5.04. The van der Waals surface area contributed by atoms with Gasteiger partial charge in [0.1, 0.15) is 5.69 Å². The van der Waals surface area contributed by atoms with Crippen LogP contribution in [0, 0.1) is 0 Å². The molecule has 0 fully saturated rings. The summed E-state index contributed by atoms with van der Waals surface area (Å²) in [6.07, 6.45) is 0.689. The summed E-state index contributed by atoms with van der Waals surface area (Å²) in [6.45, 7) is 1.93. The van der Waals surface area contributed by atoms with Crippen LogP contribution in [0.2, 0.25) is 0 Å². The number of rotatable bonds is 7. The topological polar surface area (TPSA) is 81.1 Å². The molecule has 0 aliphatic heterocycles. The number of carbonyl (C=O) groups excluding carboxylic acids is 1. The molecular weight excluding hydrogens is 386 g/mol. The minimum atomic E-state index is -0.0886. The quantitative estimate of drug-likeness (QED) is 0.415. The summed E-state index contributed by atoms with van der Waals surface area (Å²) >= 11 is 0. The Morgan fingerprint density at radius 1 is 0.935 bits per heavy atom. The summed E-state index contributed by atoms with van der Waals surface area (Å²) < 4.78 is 6.09. The lowest BCUT2D eigenvalue weighted by atomic mass is 10.1. The zero-order valence-electron chi connectivity index (χ0n) is 17.4. The molecule has 4 aromatic rings. The van der Waals surface area contributed by atoms with Crippen LogP contribution in [0.1, 0.15) is 30.8 Å². The van der Waals surface area contributed by atoms with Crippen molar-refractivity contribution in [2.75, 3.05) is 5.32 Å². The molecule has 1 amide bonds. The van der Waals surface area contributed by atoms with Crippen molar-refractivity contribution >= 4 is 11.6 Å². The van der Waals surface area contributed by atoms with E-state index in [2.05, 4.69) is 5.32 Å². The molecule has 1 heterocycles. The normalized spacial score (nSPS) is 11.8. The van der Waals surface area contributed by atoms with Crippen LogP contribution >= 0.6 is 0 Å². The lowest BCUT2D eigenvalue weighted by Gasteiger charge is -2.08. The highest BCUT2D eigenvalue weighted by Crippen LogP contribution is 2.32. The first-order valence-corrected chi connectivity index (χ1v) is 10.4. The van der Waals surface area contributed by atoms with Crippen LogP contribution in [0.25, 0.3) is 22.6 Å². The average Bonchev–Trinajstić information content (AvgIpc) is 3.24. The molecule has 31 heavy (non-hydrogen) atoms. The Bertz CT molecular complexity index is 1080. The van der Waals surface area contributed by atoms with Gasteiger partial charge in [-0.2, -0.15) is 0 Å². The van der Waals surface area contributed by atoms with E-state index in [-0.39, 0.29) is 18.4 Å². The third kappa shape index (κ3) is 5.08. The molecule has 3 N–H and O–H groups in total. The lowest BCUT2D eigenvalue weighted by molar-refractivity contribution is -0.116. The first-order chi connectivity index (χ1) is 15.1. The van der Waals surface area contributed by atoms with Crippen molar-refractivity contribution in [2.45, 2.75) is 25.8 Å². The number of hydrogen-bond acceptors (Lipinski definition) is 4. The summed E-state index contributed by atoms with van der Waals surface area (Å²) in [6, 6.07) is 27.4. The van der Waals surface area contributed by atoms with Crippen molar-refractivity contribution in [1.82, 2.24) is 4.98 Å². The van der Waals surface area contributed by atoms with E-state index in [1.54, 1.807) is 0 Å². The van der Waals surface area contributed by atoms with Crippen LogP contribution in [0.3, 0.4) is 0 Å². The average molecular weight is 412 g/mol. The van der Waals surface area contributed by atoms with Crippen LogP contribution in [-0.4, -0.2) is 10.9 Å². The van der Waals surface area contributed by atoms with Gasteiger partial charge in [-0.05, 0) is 24.6 Å². The molecule has 0 bridgehead atoms. The molecule has 0 aliphatic carbocycles. The number of benzene rings is 3. The van der Waals surface area contributed by atoms with Crippen molar-refractivity contribution < 1.29 is 9.21 Å². The molecule has 0 aliphatic rings. The number of oxazole rings is 1. The Labute approximate surface area is 181 Å². The van der Waals surface area contributed by atoms with Crippen molar-refractivity contribution in [3.63, 3.8) is 0 Å². The van der Waals surface area contributed by atoms with E-state index in [0.29, 0.717) is 18.1 Å². The van der Waals surface area contributed by atoms with Crippen molar-refractivity contribution in [3.05, 3.63) is 96.4 Å². The van der Waals surface area contributed by atoms with Gasteiger partial charge in [0, 0.05) is 35.7 Å². The molecular formula is C26H25N3O2. The fourth-order valence-electron chi connectivity index (χ4n) is 3.36. The largest absolute Gasteiger partial charge is 0.440 e. The number of nitrogens with two attached hydrogens (primary N) is 1. The minimum Gasteiger partial charge on any atom is -0.440 e. The Morgan fingerprint density at radius 3 is 2.16 bits per heavy atom. The molecule has 0 saturated carbocycles. The molecule has 0 radical (unpaired) electrons. The van der Waals surface area contributed by atoms with Crippen molar-refractivity contribution in [1.29, 1.82) is 0 Å². The first-order valence-electron chi connectivity index (χ1n) is 10.4. The fraction of sp³-hybridized carbons (Fsp3) is 0.154. The summed E-state index contributed by atoms with van der Waals surface area (Å²) in [4.78, 5) is 17.1. The molecule has 156 valence electrons. The summed E-state index contributed by atoms with van der Waals surface area (Å²) in [5, 5.41) is 2.91. The predicted molar refractivity (Wildman–Crippen MR) is 123 cm³/mol. The summed E-state index contributed by atoms with van der Waals surface area (Å²) in [7, 11) is 0. The SMILES string of the molecule is CC(N)c1ccc(NC(=O)CCc2nc(-c3ccccc3)c(-c3ccccc3)o2)cc1. The number of carbonyl (C=O) groups is 1. The molecule has 3 aromatic carbocycles. The second-order valence-corrected chi connectivity index (χ2v) is 7.48. The standard InChI is InChI=1S/C26H25N3O2/c1-18(27)19-12-14-22(15-13-19)28-23(30)16-17-24-29-25(20-8-4-2-5-9-20)26(31-24)21-10-6-3-7-11-21/h2-15,18H,16-17,27H2,1H3,(H,28,30). The molecule has 0 saturated heterocycles. The number of hydrogen-bond donors (Lipinski definition) is 2. The highest BCUT2D eigenvalue weighted by molar-refractivity contribution is 5.90. The maximum Gasteiger partial charge on any atom is 0.224 e. The van der Waals surface area contributed by atoms with E-state index in [4.69, 9.17) is 15.1 Å². The lowest BCUT2D eigenvalue weighted by Crippen LogP contribution is -2.12. The number of nitrogens with zero attached hydrogens (tertiary/aromatic N) is 1. The van der Waals surface area contributed by atoms with Crippen molar-refractivity contribution in [2.24, 2.45) is 5.73 Å². The Balaban J connectivity index is 1.48. The maximum atomic E-state index is 12.4. The van der Waals surface area contributed by atoms with Crippen LogP contribution in [0.4, 0.5) is 5.69 Å². The van der Waals surface area contributed by atoms with Gasteiger partial charge in [0.2, 0.25) is 5.91 Å². The number of aryl methyl sites for hydroxylation is 1. The van der Waals surface area contributed by atoms with E-state index in [0.717, 1.165) is 28.1 Å². The van der Waals surface area contributed by atoms with Crippen LogP contribution < -0.4 is 11.1 Å². The van der Waals surface area contributed by atoms with E-state index in [9.17, 15) is 4.79 Å². The fourth-order valence-corrected chi connectivity index (χ4v) is 3.36. The summed E-state index contributed by atoms with van der Waals surface area (Å²) in [5.41, 5.74) is 10.4. The maximum absolute atomic E-state index is 12.4. The molecule has 1 atom stereocenters. The number of anilines is 1. The van der Waals surface area contributed by atoms with Gasteiger partial charge < -0.3 is 15.5 Å². The zero-order valence-corrected chi connectivity index (χ0v) is 17.4. The second kappa shape index (κ2) is 9.41. The zero-order chi connectivity index (χ0) is 21.6. The van der Waals surface area contributed by atoms with E-state index in [1.165, 1.54) is 0 Å². The van der Waals surface area contributed by atoms with Gasteiger partial charge in [0.25, 0.3) is 0 Å². The van der Waals surface area contributed by atoms with Gasteiger partial charge in [0.15, 0.2) is 11.7 Å². The van der Waals surface area contributed by atoms with Gasteiger partial charge in [-0.3, -0.25) is 4.79 Å². The number of amides is 1. The molecule has 1 unspecified atom stereocenters. The van der Waals surface area contributed by atoms with Crippen LogP contribution in [0.5, 0.6) is 0 Å². The first kappa shape index (κ1) is 20.6. The molecule has 5 heteroatoms. The Kier molecular flexibility index (Phi) is 6.24. The van der Waals surface area contributed by atoms with E-state index >= 15 is 0 Å². The Morgan fingerprint density at radius 2 is 1.55 bits per heavy atom. The van der Waals surface area contributed by atoms with E-state index in [1.807, 2.05) is 91.9 Å². The minimum absolute atomic E-state index is 0.0348. The highest BCUT2D eigenvalue weighted by Gasteiger charge is 2.17. The monoisotopic (exact) mass is 411 g/mol.